The van der Waals surface area contributed by atoms with E-state index in [0.29, 0.717) is 19.5 Å². The molecule has 0 saturated carbocycles. The molecule has 1 rings (SSSR count). The number of urea groups is 1. The van der Waals surface area contributed by atoms with E-state index < -0.39 is 6.10 Å². The number of hydrogen-bond donors (Lipinski definition) is 3. The van der Waals surface area contributed by atoms with Crippen LogP contribution in [0.25, 0.3) is 0 Å². The zero-order valence-electron chi connectivity index (χ0n) is 13.4. The second-order valence-electron chi connectivity index (χ2n) is 5.90. The first-order valence-electron chi connectivity index (χ1n) is 7.30. The van der Waals surface area contributed by atoms with Crippen molar-refractivity contribution in [1.29, 1.82) is 0 Å². The van der Waals surface area contributed by atoms with Crippen LogP contribution in [0.4, 0.5) is 9.18 Å². The molecule has 0 aliphatic rings. The van der Waals surface area contributed by atoms with E-state index in [0.717, 1.165) is 5.56 Å². The summed E-state index contributed by atoms with van der Waals surface area (Å²) in [6, 6.07) is 5.97. The molecule has 1 aromatic carbocycles. The van der Waals surface area contributed by atoms with Crippen LogP contribution in [0.3, 0.4) is 0 Å². The van der Waals surface area contributed by atoms with Crippen molar-refractivity contribution in [3.05, 3.63) is 35.6 Å². The Hall–Kier alpha value is -1.66. The lowest BCUT2D eigenvalue weighted by molar-refractivity contribution is 0.0598. The molecule has 6 heteroatoms. The Balaban J connectivity index is 2.34. The Morgan fingerprint density at radius 2 is 1.95 bits per heavy atom. The van der Waals surface area contributed by atoms with Crippen molar-refractivity contribution in [2.45, 2.75) is 31.8 Å². The van der Waals surface area contributed by atoms with E-state index in [1.165, 1.54) is 19.2 Å². The van der Waals surface area contributed by atoms with Crippen molar-refractivity contribution < 1.29 is 19.0 Å². The molecule has 1 aromatic rings. The number of halogens is 1. The largest absolute Gasteiger partial charge is 0.391 e. The molecule has 0 aliphatic carbocycles. The first kappa shape index (κ1) is 18.4. The molecule has 0 saturated heterocycles. The third-order valence-electron chi connectivity index (χ3n) is 3.44. The summed E-state index contributed by atoms with van der Waals surface area (Å²) in [7, 11) is 1.51. The fourth-order valence-corrected chi connectivity index (χ4v) is 1.99. The van der Waals surface area contributed by atoms with Gasteiger partial charge in [0, 0.05) is 25.6 Å². The summed E-state index contributed by atoms with van der Waals surface area (Å²) in [5.74, 6) is -0.278. The van der Waals surface area contributed by atoms with E-state index in [9.17, 15) is 14.3 Å². The Kier molecular flexibility index (Phi) is 7.27. The molecule has 124 valence electrons. The fourth-order valence-electron chi connectivity index (χ4n) is 1.99. The van der Waals surface area contributed by atoms with Crippen LogP contribution in [0.15, 0.2) is 24.3 Å². The monoisotopic (exact) mass is 312 g/mol. The van der Waals surface area contributed by atoms with Crippen LogP contribution in [0.5, 0.6) is 0 Å². The number of methoxy groups -OCH3 is 1. The summed E-state index contributed by atoms with van der Waals surface area (Å²) in [6.07, 6.45) is -0.149. The third-order valence-corrected chi connectivity index (χ3v) is 3.44. The molecule has 1 unspecified atom stereocenters. The number of hydrogen-bond acceptors (Lipinski definition) is 3. The minimum Gasteiger partial charge on any atom is -0.391 e. The van der Waals surface area contributed by atoms with Crippen molar-refractivity contribution in [2.75, 3.05) is 26.8 Å². The molecule has 5 nitrogen and oxygen atoms in total. The van der Waals surface area contributed by atoms with Crippen LogP contribution < -0.4 is 10.6 Å². The fraction of sp³-hybridized carbons (Fsp3) is 0.562. The SMILES string of the molecule is COCC(O)CCNC(=O)NCC(C)(C)c1ccc(F)cc1. The van der Waals surface area contributed by atoms with E-state index in [1.54, 1.807) is 12.1 Å². The maximum absolute atomic E-state index is 12.9. The summed E-state index contributed by atoms with van der Waals surface area (Å²) in [5.41, 5.74) is 0.644. The molecule has 0 aliphatic heterocycles. The molecule has 2 amide bonds. The lowest BCUT2D eigenvalue weighted by atomic mass is 9.84. The van der Waals surface area contributed by atoms with Crippen LogP contribution in [-0.4, -0.2) is 44.0 Å². The summed E-state index contributed by atoms with van der Waals surface area (Å²) < 4.78 is 17.7. The number of aliphatic hydroxyl groups excluding tert-OH is 1. The second-order valence-corrected chi connectivity index (χ2v) is 5.90. The number of amides is 2. The van der Waals surface area contributed by atoms with Crippen LogP contribution in [0.1, 0.15) is 25.8 Å². The quantitative estimate of drug-likeness (QED) is 0.685. The van der Waals surface area contributed by atoms with E-state index in [-0.39, 0.29) is 23.9 Å². The second kappa shape index (κ2) is 8.70. The topological polar surface area (TPSA) is 70.6 Å². The third kappa shape index (κ3) is 6.41. The highest BCUT2D eigenvalue weighted by Gasteiger charge is 2.21. The van der Waals surface area contributed by atoms with Gasteiger partial charge in [-0.1, -0.05) is 26.0 Å². The highest BCUT2D eigenvalue weighted by atomic mass is 19.1. The van der Waals surface area contributed by atoms with Crippen molar-refractivity contribution in [3.63, 3.8) is 0 Å². The van der Waals surface area contributed by atoms with E-state index in [4.69, 9.17) is 4.74 Å². The van der Waals surface area contributed by atoms with E-state index in [1.807, 2.05) is 13.8 Å². The summed E-state index contributed by atoms with van der Waals surface area (Å²) in [6.45, 7) is 4.99. The smallest absolute Gasteiger partial charge is 0.314 e. The van der Waals surface area contributed by atoms with E-state index >= 15 is 0 Å². The van der Waals surface area contributed by atoms with Gasteiger partial charge >= 0.3 is 6.03 Å². The summed E-state index contributed by atoms with van der Waals surface area (Å²) >= 11 is 0. The predicted molar refractivity (Wildman–Crippen MR) is 83.3 cm³/mol. The van der Waals surface area contributed by atoms with Crippen molar-refractivity contribution in [3.8, 4) is 0 Å². The highest BCUT2D eigenvalue weighted by molar-refractivity contribution is 5.73. The predicted octanol–water partition coefficient (Wildman–Crippen LogP) is 1.80. The van der Waals surface area contributed by atoms with Crippen LogP contribution >= 0.6 is 0 Å². The molecule has 0 spiro atoms. The Bertz CT molecular complexity index is 463. The Morgan fingerprint density at radius 1 is 1.32 bits per heavy atom. The minimum atomic E-state index is -0.582. The van der Waals surface area contributed by atoms with Gasteiger partial charge in [0.05, 0.1) is 12.7 Å². The van der Waals surface area contributed by atoms with Crippen molar-refractivity contribution in [2.24, 2.45) is 0 Å². The normalized spacial score (nSPS) is 12.8. The maximum Gasteiger partial charge on any atom is 0.314 e. The van der Waals surface area contributed by atoms with Gasteiger partial charge in [-0.25, -0.2) is 9.18 Å². The molecule has 0 fully saturated rings. The number of carbonyl (C=O) groups excluding carboxylic acids is 1. The number of nitrogens with one attached hydrogen (secondary N) is 2. The molecule has 22 heavy (non-hydrogen) atoms. The highest BCUT2D eigenvalue weighted by Crippen LogP contribution is 2.22. The van der Waals surface area contributed by atoms with Gasteiger partial charge in [-0.15, -0.1) is 0 Å². The lowest BCUT2D eigenvalue weighted by Crippen LogP contribution is -2.43. The minimum absolute atomic E-state index is 0.251. The van der Waals surface area contributed by atoms with Gasteiger partial charge in [0.25, 0.3) is 0 Å². The Labute approximate surface area is 130 Å². The first-order chi connectivity index (χ1) is 10.3. The van der Waals surface area contributed by atoms with Crippen molar-refractivity contribution in [1.82, 2.24) is 10.6 Å². The standard InChI is InChI=1S/C16H25FN2O3/c1-16(2,12-4-6-13(17)7-5-12)11-19-15(21)18-9-8-14(20)10-22-3/h4-7,14,20H,8-11H2,1-3H3,(H2,18,19,21). The number of ether oxygens (including phenoxy) is 1. The number of rotatable bonds is 8. The average Bonchev–Trinajstić information content (AvgIpc) is 2.46. The molecule has 0 aromatic heterocycles. The lowest BCUT2D eigenvalue weighted by Gasteiger charge is -2.25. The molecular weight excluding hydrogens is 287 g/mol. The first-order valence-corrected chi connectivity index (χ1v) is 7.30. The molecule has 1 atom stereocenters. The van der Waals surface area contributed by atoms with Crippen LogP contribution in [0, 0.1) is 5.82 Å². The molecule has 3 N–H and O–H groups in total. The molecule has 0 bridgehead atoms. The van der Waals surface area contributed by atoms with E-state index in [2.05, 4.69) is 10.6 Å². The summed E-state index contributed by atoms with van der Waals surface area (Å²) in [5, 5.41) is 14.9. The average molecular weight is 312 g/mol. The van der Waals surface area contributed by atoms with Crippen LogP contribution in [-0.2, 0) is 10.2 Å². The zero-order valence-corrected chi connectivity index (χ0v) is 13.4. The van der Waals surface area contributed by atoms with Crippen LogP contribution in [0.2, 0.25) is 0 Å². The molecule has 0 heterocycles. The summed E-state index contributed by atoms with van der Waals surface area (Å²) in [4.78, 5) is 11.7. The van der Waals surface area contributed by atoms with Gasteiger partial charge in [0.15, 0.2) is 0 Å². The number of benzene rings is 1. The van der Waals surface area contributed by atoms with Gasteiger partial charge < -0.3 is 20.5 Å². The van der Waals surface area contributed by atoms with Gasteiger partial charge in [-0.05, 0) is 24.1 Å². The molecule has 0 radical (unpaired) electrons. The van der Waals surface area contributed by atoms with Gasteiger partial charge in [-0.3, -0.25) is 0 Å². The van der Waals surface area contributed by atoms with Gasteiger partial charge in [0.1, 0.15) is 5.82 Å². The number of aliphatic hydroxyl groups is 1. The molecular formula is C16H25FN2O3. The maximum atomic E-state index is 12.9. The van der Waals surface area contributed by atoms with Crippen molar-refractivity contribution >= 4 is 6.03 Å². The Morgan fingerprint density at radius 3 is 2.55 bits per heavy atom. The zero-order chi connectivity index (χ0) is 16.6. The van der Waals surface area contributed by atoms with Gasteiger partial charge in [-0.2, -0.15) is 0 Å². The van der Waals surface area contributed by atoms with Gasteiger partial charge in [0.2, 0.25) is 0 Å². The number of carbonyl (C=O) groups is 1.